The number of hydrogen-bond donors (Lipinski definition) is 2. The van der Waals surface area contributed by atoms with Gasteiger partial charge in [0.2, 0.25) is 5.91 Å². The number of nitrogens with two attached hydrogens (primary N) is 1. The van der Waals surface area contributed by atoms with E-state index in [1.165, 1.54) is 0 Å². The molecule has 0 atom stereocenters. The number of amides is 1. The van der Waals surface area contributed by atoms with Gasteiger partial charge in [-0.2, -0.15) is 0 Å². The number of nitrogens with one attached hydrogen (secondary N) is 1. The molecule has 5 nitrogen and oxygen atoms in total. The Labute approximate surface area is 139 Å². The van der Waals surface area contributed by atoms with E-state index in [-0.39, 0.29) is 23.9 Å². The van der Waals surface area contributed by atoms with Crippen LogP contribution >= 0.6 is 12.4 Å². The summed E-state index contributed by atoms with van der Waals surface area (Å²) >= 11 is 0. The molecule has 0 aliphatic heterocycles. The quantitative estimate of drug-likeness (QED) is 0.729. The second-order valence-electron chi connectivity index (χ2n) is 5.10. The van der Waals surface area contributed by atoms with Crippen LogP contribution in [-0.4, -0.2) is 31.7 Å². The molecule has 6 heteroatoms. The number of carbonyl (C=O) groups is 1. The monoisotopic (exact) mass is 330 g/mol. The third-order valence-electron chi connectivity index (χ3n) is 3.70. The van der Waals surface area contributed by atoms with Crippen molar-refractivity contribution >= 4 is 18.3 Å². The van der Waals surface area contributed by atoms with E-state index in [1.807, 2.05) is 38.1 Å². The minimum Gasteiger partial charge on any atom is -0.493 e. The van der Waals surface area contributed by atoms with E-state index in [4.69, 9.17) is 15.2 Å². The molecule has 1 aromatic rings. The van der Waals surface area contributed by atoms with E-state index in [1.54, 1.807) is 7.11 Å². The Morgan fingerprint density at radius 3 is 2.36 bits per heavy atom. The number of carbonyl (C=O) groups excluding carboxylic acids is 1. The highest BCUT2D eigenvalue weighted by molar-refractivity contribution is 5.85. The molecule has 1 amide bonds. The summed E-state index contributed by atoms with van der Waals surface area (Å²) in [5, 5.41) is 2.86. The van der Waals surface area contributed by atoms with Crippen LogP contribution in [0, 0.1) is 0 Å². The van der Waals surface area contributed by atoms with E-state index in [2.05, 4.69) is 5.32 Å². The van der Waals surface area contributed by atoms with Gasteiger partial charge in [0.15, 0.2) is 11.5 Å². The van der Waals surface area contributed by atoms with Crippen LogP contribution in [0.3, 0.4) is 0 Å². The molecule has 126 valence electrons. The number of para-hydroxylation sites is 2. The molecule has 3 N–H and O–H groups in total. The second-order valence-corrected chi connectivity index (χ2v) is 5.10. The SMILES string of the molecule is CCC(N)(CC)CNC(=O)CCOc1ccccc1OC.Cl. The molecule has 0 saturated heterocycles. The molecule has 0 aliphatic rings. The maximum atomic E-state index is 11.8. The van der Waals surface area contributed by atoms with Crippen LogP contribution < -0.4 is 20.5 Å². The van der Waals surface area contributed by atoms with Gasteiger partial charge in [-0.05, 0) is 25.0 Å². The van der Waals surface area contributed by atoms with Gasteiger partial charge in [-0.1, -0.05) is 26.0 Å². The summed E-state index contributed by atoms with van der Waals surface area (Å²) in [7, 11) is 1.59. The Morgan fingerprint density at radius 1 is 1.23 bits per heavy atom. The number of benzene rings is 1. The molecule has 1 aromatic carbocycles. The van der Waals surface area contributed by atoms with E-state index >= 15 is 0 Å². The molecule has 0 radical (unpaired) electrons. The smallest absolute Gasteiger partial charge is 0.223 e. The minimum atomic E-state index is -0.320. The number of hydrogen-bond acceptors (Lipinski definition) is 4. The molecule has 0 aliphatic carbocycles. The molecule has 0 saturated carbocycles. The van der Waals surface area contributed by atoms with Crippen LogP contribution in [0.15, 0.2) is 24.3 Å². The van der Waals surface area contributed by atoms with Crippen LogP contribution in [-0.2, 0) is 4.79 Å². The van der Waals surface area contributed by atoms with Crippen molar-refractivity contribution in [3.8, 4) is 11.5 Å². The zero-order chi connectivity index (χ0) is 15.7. The number of ether oxygens (including phenoxy) is 2. The fourth-order valence-electron chi connectivity index (χ4n) is 1.85. The van der Waals surface area contributed by atoms with Gasteiger partial charge in [-0.15, -0.1) is 12.4 Å². The lowest BCUT2D eigenvalue weighted by molar-refractivity contribution is -0.121. The molecule has 0 bridgehead atoms. The Morgan fingerprint density at radius 2 is 1.82 bits per heavy atom. The van der Waals surface area contributed by atoms with Crippen molar-refractivity contribution in [3.05, 3.63) is 24.3 Å². The first kappa shape index (κ1) is 20.5. The van der Waals surface area contributed by atoms with Crippen LogP contribution in [0.4, 0.5) is 0 Å². The van der Waals surface area contributed by atoms with Gasteiger partial charge in [-0.25, -0.2) is 0 Å². The van der Waals surface area contributed by atoms with Gasteiger partial charge >= 0.3 is 0 Å². The second kappa shape index (κ2) is 10.3. The van der Waals surface area contributed by atoms with Gasteiger partial charge in [0, 0.05) is 12.1 Å². The highest BCUT2D eigenvalue weighted by atomic mass is 35.5. The van der Waals surface area contributed by atoms with Gasteiger partial charge in [0.05, 0.1) is 20.1 Å². The zero-order valence-corrected chi connectivity index (χ0v) is 14.4. The molecule has 1 rings (SSSR count). The molecular formula is C16H27ClN2O3. The van der Waals surface area contributed by atoms with E-state index in [0.29, 0.717) is 31.1 Å². The average Bonchev–Trinajstić information content (AvgIpc) is 2.53. The number of rotatable bonds is 9. The molecular weight excluding hydrogens is 304 g/mol. The van der Waals surface area contributed by atoms with Gasteiger partial charge < -0.3 is 20.5 Å². The van der Waals surface area contributed by atoms with E-state index in [0.717, 1.165) is 12.8 Å². The lowest BCUT2D eigenvalue weighted by atomic mass is 9.94. The predicted octanol–water partition coefficient (Wildman–Crippen LogP) is 2.52. The van der Waals surface area contributed by atoms with Crippen molar-refractivity contribution in [2.75, 3.05) is 20.3 Å². The molecule has 22 heavy (non-hydrogen) atoms. The highest BCUT2D eigenvalue weighted by Crippen LogP contribution is 2.25. The minimum absolute atomic E-state index is 0. The van der Waals surface area contributed by atoms with Crippen molar-refractivity contribution in [2.45, 2.75) is 38.6 Å². The summed E-state index contributed by atoms with van der Waals surface area (Å²) in [5.74, 6) is 1.25. The Kier molecular flexibility index (Phi) is 9.61. The standard InChI is InChI=1S/C16H26N2O3.ClH/c1-4-16(17,5-2)12-18-15(19)10-11-21-14-9-7-6-8-13(14)20-3;/h6-9H,4-5,10-12,17H2,1-3H3,(H,18,19);1H. The Bertz CT molecular complexity index is 451. The Hall–Kier alpha value is -1.46. The number of halogens is 1. The third-order valence-corrected chi connectivity index (χ3v) is 3.70. The third kappa shape index (κ3) is 6.54. The number of methoxy groups -OCH3 is 1. The van der Waals surface area contributed by atoms with Gasteiger partial charge in [-0.3, -0.25) is 4.79 Å². The predicted molar refractivity (Wildman–Crippen MR) is 90.9 cm³/mol. The maximum absolute atomic E-state index is 11.8. The van der Waals surface area contributed by atoms with Crippen molar-refractivity contribution in [1.82, 2.24) is 5.32 Å². The summed E-state index contributed by atoms with van der Waals surface area (Å²) in [4.78, 5) is 11.8. The van der Waals surface area contributed by atoms with Crippen molar-refractivity contribution in [2.24, 2.45) is 5.73 Å². The lowest BCUT2D eigenvalue weighted by Crippen LogP contribution is -2.49. The largest absolute Gasteiger partial charge is 0.493 e. The van der Waals surface area contributed by atoms with Crippen molar-refractivity contribution in [1.29, 1.82) is 0 Å². The first-order valence-electron chi connectivity index (χ1n) is 7.36. The summed E-state index contributed by atoms with van der Waals surface area (Å²) < 4.78 is 10.7. The molecule has 0 spiro atoms. The molecule has 0 heterocycles. The summed E-state index contributed by atoms with van der Waals surface area (Å²) in [5.41, 5.74) is 5.82. The summed E-state index contributed by atoms with van der Waals surface area (Å²) in [6, 6.07) is 7.37. The van der Waals surface area contributed by atoms with Crippen LogP contribution in [0.5, 0.6) is 11.5 Å². The van der Waals surface area contributed by atoms with Gasteiger partial charge in [0.25, 0.3) is 0 Å². The molecule has 0 aromatic heterocycles. The van der Waals surface area contributed by atoms with Crippen LogP contribution in [0.1, 0.15) is 33.1 Å². The van der Waals surface area contributed by atoms with Crippen molar-refractivity contribution in [3.63, 3.8) is 0 Å². The molecule has 0 fully saturated rings. The highest BCUT2D eigenvalue weighted by Gasteiger charge is 2.20. The van der Waals surface area contributed by atoms with Crippen molar-refractivity contribution < 1.29 is 14.3 Å². The fraction of sp³-hybridized carbons (Fsp3) is 0.562. The fourth-order valence-corrected chi connectivity index (χ4v) is 1.85. The average molecular weight is 331 g/mol. The lowest BCUT2D eigenvalue weighted by Gasteiger charge is -2.26. The van der Waals surface area contributed by atoms with Crippen LogP contribution in [0.2, 0.25) is 0 Å². The van der Waals surface area contributed by atoms with E-state index < -0.39 is 0 Å². The van der Waals surface area contributed by atoms with Crippen LogP contribution in [0.25, 0.3) is 0 Å². The normalized spacial score (nSPS) is 10.5. The summed E-state index contributed by atoms with van der Waals surface area (Å²) in [6.45, 7) is 4.86. The first-order valence-corrected chi connectivity index (χ1v) is 7.36. The van der Waals surface area contributed by atoms with Gasteiger partial charge in [0.1, 0.15) is 0 Å². The maximum Gasteiger partial charge on any atom is 0.223 e. The topological polar surface area (TPSA) is 73.6 Å². The molecule has 0 unspecified atom stereocenters. The summed E-state index contributed by atoms with van der Waals surface area (Å²) in [6.07, 6.45) is 1.96. The zero-order valence-electron chi connectivity index (χ0n) is 13.6. The first-order chi connectivity index (χ1) is 10.0. The van der Waals surface area contributed by atoms with E-state index in [9.17, 15) is 4.79 Å². The Balaban J connectivity index is 0.00000441.